The van der Waals surface area contributed by atoms with E-state index in [0.29, 0.717) is 6.54 Å². The van der Waals surface area contributed by atoms with E-state index in [2.05, 4.69) is 10.6 Å². The summed E-state index contributed by atoms with van der Waals surface area (Å²) in [5.41, 5.74) is 1.05. The van der Waals surface area contributed by atoms with Gasteiger partial charge < -0.3 is 15.4 Å². The van der Waals surface area contributed by atoms with Crippen LogP contribution in [0.3, 0.4) is 0 Å². The van der Waals surface area contributed by atoms with Crippen LogP contribution >= 0.6 is 0 Å². The number of para-hydroxylation sites is 1. The van der Waals surface area contributed by atoms with Gasteiger partial charge in [0.2, 0.25) is 5.91 Å². The first-order chi connectivity index (χ1) is 7.69. The topological polar surface area (TPSA) is 50.4 Å². The minimum Gasteiger partial charge on any atom is -0.496 e. The lowest BCUT2D eigenvalue weighted by molar-refractivity contribution is -0.119. The van der Waals surface area contributed by atoms with Crippen LogP contribution < -0.4 is 15.4 Å². The van der Waals surface area contributed by atoms with E-state index >= 15 is 0 Å². The lowest BCUT2D eigenvalue weighted by Crippen LogP contribution is -2.32. The second-order valence-corrected chi connectivity index (χ2v) is 3.52. The first-order valence-electron chi connectivity index (χ1n) is 5.26. The van der Waals surface area contributed by atoms with Crippen molar-refractivity contribution in [3.8, 4) is 5.75 Å². The molecule has 0 fully saturated rings. The molecule has 1 rings (SSSR count). The number of carbonyl (C=O) groups excluding carboxylic acids is 1. The fraction of sp³-hybridized carbons (Fsp3) is 0.417. The Hall–Kier alpha value is -1.55. The van der Waals surface area contributed by atoms with E-state index in [-0.39, 0.29) is 11.9 Å². The van der Waals surface area contributed by atoms with Gasteiger partial charge in [0.15, 0.2) is 0 Å². The third-order valence-electron chi connectivity index (χ3n) is 2.45. The van der Waals surface area contributed by atoms with Crippen LogP contribution in [0, 0.1) is 0 Å². The highest BCUT2D eigenvalue weighted by Crippen LogP contribution is 2.23. The molecule has 4 heteroatoms. The Morgan fingerprint density at radius 3 is 2.75 bits per heavy atom. The Labute approximate surface area is 96.0 Å². The van der Waals surface area contributed by atoms with Gasteiger partial charge in [0.05, 0.1) is 13.7 Å². The van der Waals surface area contributed by atoms with Gasteiger partial charge in [0, 0.05) is 18.7 Å². The summed E-state index contributed by atoms with van der Waals surface area (Å²) in [5.74, 6) is 0.807. The number of ether oxygens (including phenoxy) is 1. The van der Waals surface area contributed by atoms with E-state index in [1.165, 1.54) is 0 Å². The molecular formula is C12H18N2O2. The SMILES string of the molecule is CNC(=O)CN[C@@H](C)c1ccccc1OC. The smallest absolute Gasteiger partial charge is 0.233 e. The molecule has 0 spiro atoms. The lowest BCUT2D eigenvalue weighted by atomic mass is 10.1. The van der Waals surface area contributed by atoms with E-state index in [1.807, 2.05) is 31.2 Å². The van der Waals surface area contributed by atoms with Crippen molar-refractivity contribution in [2.75, 3.05) is 20.7 Å². The molecule has 0 heterocycles. The zero-order valence-corrected chi connectivity index (χ0v) is 9.91. The van der Waals surface area contributed by atoms with Crippen LogP contribution in [0.4, 0.5) is 0 Å². The average Bonchev–Trinajstić information content (AvgIpc) is 2.35. The third kappa shape index (κ3) is 3.24. The highest BCUT2D eigenvalue weighted by Gasteiger charge is 2.10. The number of likely N-dealkylation sites (N-methyl/N-ethyl adjacent to an activating group) is 1. The second kappa shape index (κ2) is 6.12. The predicted molar refractivity (Wildman–Crippen MR) is 63.5 cm³/mol. The molecule has 0 saturated heterocycles. The van der Waals surface area contributed by atoms with Gasteiger partial charge >= 0.3 is 0 Å². The molecule has 0 aromatic heterocycles. The zero-order valence-electron chi connectivity index (χ0n) is 9.91. The second-order valence-electron chi connectivity index (χ2n) is 3.52. The number of amides is 1. The third-order valence-corrected chi connectivity index (χ3v) is 2.45. The molecule has 0 aliphatic carbocycles. The first-order valence-corrected chi connectivity index (χ1v) is 5.26. The summed E-state index contributed by atoms with van der Waals surface area (Å²) in [7, 11) is 3.27. The highest BCUT2D eigenvalue weighted by atomic mass is 16.5. The number of nitrogens with one attached hydrogen (secondary N) is 2. The quantitative estimate of drug-likeness (QED) is 0.784. The summed E-state index contributed by atoms with van der Waals surface area (Å²) in [5, 5.41) is 5.70. The number of hydrogen-bond donors (Lipinski definition) is 2. The van der Waals surface area contributed by atoms with Crippen molar-refractivity contribution < 1.29 is 9.53 Å². The van der Waals surface area contributed by atoms with E-state index in [1.54, 1.807) is 14.2 Å². The van der Waals surface area contributed by atoms with Crippen molar-refractivity contribution in [1.82, 2.24) is 10.6 Å². The lowest BCUT2D eigenvalue weighted by Gasteiger charge is -2.16. The molecule has 4 nitrogen and oxygen atoms in total. The molecule has 0 radical (unpaired) electrons. The Bertz CT molecular complexity index is 353. The van der Waals surface area contributed by atoms with Gasteiger partial charge in [-0.2, -0.15) is 0 Å². The van der Waals surface area contributed by atoms with E-state index in [0.717, 1.165) is 11.3 Å². The molecule has 2 N–H and O–H groups in total. The number of rotatable bonds is 5. The average molecular weight is 222 g/mol. The van der Waals surface area contributed by atoms with E-state index in [4.69, 9.17) is 4.74 Å². The van der Waals surface area contributed by atoms with Crippen molar-refractivity contribution in [3.05, 3.63) is 29.8 Å². The fourth-order valence-corrected chi connectivity index (χ4v) is 1.47. The Morgan fingerprint density at radius 2 is 2.12 bits per heavy atom. The monoisotopic (exact) mass is 222 g/mol. The molecule has 0 unspecified atom stereocenters. The molecule has 1 amide bonds. The standard InChI is InChI=1S/C12H18N2O2/c1-9(14-8-12(15)13-2)10-6-4-5-7-11(10)16-3/h4-7,9,14H,8H2,1-3H3,(H,13,15)/t9-/m0/s1. The van der Waals surface area contributed by atoms with E-state index in [9.17, 15) is 4.79 Å². The zero-order chi connectivity index (χ0) is 12.0. The van der Waals surface area contributed by atoms with Gasteiger partial charge in [-0.15, -0.1) is 0 Å². The van der Waals surface area contributed by atoms with Gasteiger partial charge in [-0.3, -0.25) is 4.79 Å². The summed E-state index contributed by atoms with van der Waals surface area (Å²) in [6.07, 6.45) is 0. The summed E-state index contributed by atoms with van der Waals surface area (Å²) in [6.45, 7) is 2.30. The van der Waals surface area contributed by atoms with Gasteiger partial charge in [0.1, 0.15) is 5.75 Å². The van der Waals surface area contributed by atoms with Crippen LogP contribution in [0.25, 0.3) is 0 Å². The van der Waals surface area contributed by atoms with Crippen molar-refractivity contribution in [2.45, 2.75) is 13.0 Å². The van der Waals surface area contributed by atoms with E-state index < -0.39 is 0 Å². The summed E-state index contributed by atoms with van der Waals surface area (Å²) < 4.78 is 5.26. The number of methoxy groups -OCH3 is 1. The largest absolute Gasteiger partial charge is 0.496 e. The predicted octanol–water partition coefficient (Wildman–Crippen LogP) is 1.09. The minimum absolute atomic E-state index is 0.0262. The van der Waals surface area contributed by atoms with Crippen LogP contribution in [0.1, 0.15) is 18.5 Å². The maximum Gasteiger partial charge on any atom is 0.233 e. The summed E-state index contributed by atoms with van der Waals surface area (Å²) >= 11 is 0. The fourth-order valence-electron chi connectivity index (χ4n) is 1.47. The van der Waals surface area contributed by atoms with Gasteiger partial charge in [-0.1, -0.05) is 18.2 Å². The Morgan fingerprint density at radius 1 is 1.44 bits per heavy atom. The molecule has 1 atom stereocenters. The molecule has 16 heavy (non-hydrogen) atoms. The van der Waals surface area contributed by atoms with Crippen LogP contribution in [0.5, 0.6) is 5.75 Å². The number of benzene rings is 1. The normalized spacial score (nSPS) is 11.9. The van der Waals surface area contributed by atoms with Crippen molar-refractivity contribution >= 4 is 5.91 Å². The van der Waals surface area contributed by atoms with Crippen LogP contribution in [0.15, 0.2) is 24.3 Å². The molecular weight excluding hydrogens is 204 g/mol. The maximum absolute atomic E-state index is 11.1. The van der Waals surface area contributed by atoms with Crippen LogP contribution in [0.2, 0.25) is 0 Å². The minimum atomic E-state index is -0.0262. The molecule has 88 valence electrons. The van der Waals surface area contributed by atoms with Gasteiger partial charge in [-0.25, -0.2) is 0 Å². The molecule has 0 saturated carbocycles. The molecule has 1 aromatic carbocycles. The number of carbonyl (C=O) groups is 1. The first kappa shape index (κ1) is 12.5. The van der Waals surface area contributed by atoms with Crippen LogP contribution in [-0.4, -0.2) is 26.6 Å². The summed E-state index contributed by atoms with van der Waals surface area (Å²) in [4.78, 5) is 11.1. The van der Waals surface area contributed by atoms with Gasteiger partial charge in [-0.05, 0) is 13.0 Å². The summed E-state index contributed by atoms with van der Waals surface area (Å²) in [6, 6.07) is 7.85. The maximum atomic E-state index is 11.1. The van der Waals surface area contributed by atoms with Crippen LogP contribution in [-0.2, 0) is 4.79 Å². The molecule has 1 aromatic rings. The highest BCUT2D eigenvalue weighted by molar-refractivity contribution is 5.77. The molecule has 0 aliphatic heterocycles. The molecule has 0 aliphatic rings. The van der Waals surface area contributed by atoms with Gasteiger partial charge in [0.25, 0.3) is 0 Å². The van der Waals surface area contributed by atoms with Crippen molar-refractivity contribution in [3.63, 3.8) is 0 Å². The number of hydrogen-bond acceptors (Lipinski definition) is 3. The van der Waals surface area contributed by atoms with Crippen molar-refractivity contribution in [1.29, 1.82) is 0 Å². The Kier molecular flexibility index (Phi) is 4.79. The molecule has 0 bridgehead atoms. The van der Waals surface area contributed by atoms with Crippen molar-refractivity contribution in [2.24, 2.45) is 0 Å². The Balaban J connectivity index is 2.65.